The van der Waals surface area contributed by atoms with Crippen molar-refractivity contribution in [2.75, 3.05) is 13.1 Å². The summed E-state index contributed by atoms with van der Waals surface area (Å²) in [6.45, 7) is 5.80. The predicted molar refractivity (Wildman–Crippen MR) is 74.1 cm³/mol. The molecule has 0 spiro atoms. The topological polar surface area (TPSA) is 49.4 Å². The summed E-state index contributed by atoms with van der Waals surface area (Å²) in [5.41, 5.74) is 1.98. The van der Waals surface area contributed by atoms with Crippen molar-refractivity contribution < 1.29 is 8.42 Å². The molecule has 104 valence electrons. The number of nitrogens with one attached hydrogen (secondary N) is 1. The average molecular weight is 280 g/mol. The van der Waals surface area contributed by atoms with Crippen LogP contribution < -0.4 is 4.72 Å². The van der Waals surface area contributed by atoms with Crippen LogP contribution >= 0.6 is 0 Å². The van der Waals surface area contributed by atoms with Crippen LogP contribution in [0, 0.1) is 5.92 Å². The number of piperidine rings is 1. The van der Waals surface area contributed by atoms with Crippen LogP contribution in [0.3, 0.4) is 0 Å². The number of nitrogens with zero attached hydrogens (tertiary/aromatic N) is 1. The molecule has 1 N–H and O–H groups in total. The first-order valence-electron chi connectivity index (χ1n) is 6.88. The second-order valence-corrected chi connectivity index (χ2v) is 7.48. The third-order valence-corrected chi connectivity index (χ3v) is 5.50. The lowest BCUT2D eigenvalue weighted by atomic mass is 9.99. The number of benzene rings is 1. The summed E-state index contributed by atoms with van der Waals surface area (Å²) < 4.78 is 26.2. The molecule has 0 aliphatic carbocycles. The summed E-state index contributed by atoms with van der Waals surface area (Å²) in [6, 6.07) is 5.83. The van der Waals surface area contributed by atoms with E-state index in [4.69, 9.17) is 0 Å². The zero-order chi connectivity index (χ0) is 13.5. The van der Waals surface area contributed by atoms with E-state index >= 15 is 0 Å². The van der Waals surface area contributed by atoms with E-state index in [0.717, 1.165) is 36.7 Å². The fraction of sp³-hybridized carbons (Fsp3) is 0.571. The Morgan fingerprint density at radius 2 is 2.26 bits per heavy atom. The number of hydrogen-bond acceptors (Lipinski definition) is 3. The lowest BCUT2D eigenvalue weighted by Gasteiger charge is -2.30. The molecule has 0 saturated carbocycles. The summed E-state index contributed by atoms with van der Waals surface area (Å²) in [5.74, 6) is 0.744. The molecule has 1 aromatic rings. The number of rotatable bonds is 2. The minimum atomic E-state index is -3.25. The third-order valence-electron chi connectivity index (χ3n) is 4.02. The van der Waals surface area contributed by atoms with Crippen LogP contribution in [0.25, 0.3) is 0 Å². The van der Waals surface area contributed by atoms with Crippen LogP contribution in [0.4, 0.5) is 0 Å². The van der Waals surface area contributed by atoms with Crippen LogP contribution in [0.15, 0.2) is 23.1 Å². The first-order valence-corrected chi connectivity index (χ1v) is 8.37. The summed E-state index contributed by atoms with van der Waals surface area (Å²) in [5, 5.41) is 0. The smallest absolute Gasteiger partial charge is 0.241 e. The Labute approximate surface area is 114 Å². The van der Waals surface area contributed by atoms with E-state index < -0.39 is 10.0 Å². The normalized spacial score (nSPS) is 26.3. The highest BCUT2D eigenvalue weighted by atomic mass is 32.2. The molecule has 1 fully saturated rings. The van der Waals surface area contributed by atoms with Crippen molar-refractivity contribution in [1.29, 1.82) is 0 Å². The SMILES string of the molecule is C[C@@H]1CCCN(Cc2ccc3c(c2)S(=O)(=O)NC3)C1. The van der Waals surface area contributed by atoms with Crippen molar-refractivity contribution in [2.24, 2.45) is 5.92 Å². The van der Waals surface area contributed by atoms with Gasteiger partial charge in [0.1, 0.15) is 0 Å². The van der Waals surface area contributed by atoms with Gasteiger partial charge < -0.3 is 0 Å². The zero-order valence-electron chi connectivity index (χ0n) is 11.2. The highest BCUT2D eigenvalue weighted by Gasteiger charge is 2.26. The van der Waals surface area contributed by atoms with E-state index in [1.807, 2.05) is 12.1 Å². The first kappa shape index (κ1) is 13.1. The van der Waals surface area contributed by atoms with Gasteiger partial charge in [-0.2, -0.15) is 0 Å². The quantitative estimate of drug-likeness (QED) is 0.897. The Kier molecular flexibility index (Phi) is 3.37. The molecule has 0 unspecified atom stereocenters. The zero-order valence-corrected chi connectivity index (χ0v) is 12.0. The summed E-state index contributed by atoms with van der Waals surface area (Å²) in [7, 11) is -3.25. The molecule has 2 aliphatic rings. The van der Waals surface area contributed by atoms with Crippen LogP contribution in [-0.4, -0.2) is 26.4 Å². The summed E-state index contributed by atoms with van der Waals surface area (Å²) >= 11 is 0. The van der Waals surface area contributed by atoms with Gasteiger partial charge in [-0.05, 0) is 42.5 Å². The molecule has 0 radical (unpaired) electrons. The fourth-order valence-electron chi connectivity index (χ4n) is 3.03. The molecule has 2 aliphatic heterocycles. The van der Waals surface area contributed by atoms with Crippen LogP contribution in [-0.2, 0) is 23.1 Å². The van der Waals surface area contributed by atoms with Crippen molar-refractivity contribution in [1.82, 2.24) is 9.62 Å². The molecule has 0 bridgehead atoms. The van der Waals surface area contributed by atoms with Gasteiger partial charge in [-0.3, -0.25) is 4.90 Å². The van der Waals surface area contributed by atoms with E-state index in [-0.39, 0.29) is 0 Å². The van der Waals surface area contributed by atoms with Crippen molar-refractivity contribution in [3.63, 3.8) is 0 Å². The Bertz CT molecular complexity index is 583. The second-order valence-electron chi connectivity index (χ2n) is 5.75. The van der Waals surface area contributed by atoms with Crippen molar-refractivity contribution in [3.8, 4) is 0 Å². The molecule has 19 heavy (non-hydrogen) atoms. The average Bonchev–Trinajstić information content (AvgIpc) is 2.66. The van der Waals surface area contributed by atoms with E-state index in [1.54, 1.807) is 0 Å². The Hall–Kier alpha value is -0.910. The number of fused-ring (bicyclic) bond motifs is 1. The number of sulfonamides is 1. The van der Waals surface area contributed by atoms with Crippen molar-refractivity contribution in [2.45, 2.75) is 37.8 Å². The van der Waals surface area contributed by atoms with Gasteiger partial charge in [0.15, 0.2) is 0 Å². The lowest BCUT2D eigenvalue weighted by Crippen LogP contribution is -2.33. The Morgan fingerprint density at radius 1 is 1.42 bits per heavy atom. The molecule has 3 rings (SSSR count). The maximum absolute atomic E-state index is 11.8. The van der Waals surface area contributed by atoms with Gasteiger partial charge in [0, 0.05) is 19.6 Å². The van der Waals surface area contributed by atoms with Gasteiger partial charge in [0.2, 0.25) is 10.0 Å². The van der Waals surface area contributed by atoms with Crippen LogP contribution in [0.5, 0.6) is 0 Å². The number of hydrogen-bond donors (Lipinski definition) is 1. The molecule has 0 aromatic heterocycles. The summed E-state index contributed by atoms with van der Waals surface area (Å²) in [6.07, 6.45) is 2.55. The monoisotopic (exact) mass is 280 g/mol. The highest BCUT2D eigenvalue weighted by molar-refractivity contribution is 7.89. The molecule has 5 heteroatoms. The van der Waals surface area contributed by atoms with Crippen LogP contribution in [0.1, 0.15) is 30.9 Å². The molecular weight excluding hydrogens is 260 g/mol. The molecule has 0 amide bonds. The first-order chi connectivity index (χ1) is 9.04. The van der Waals surface area contributed by atoms with Crippen molar-refractivity contribution in [3.05, 3.63) is 29.3 Å². The molecule has 1 aromatic carbocycles. The minimum absolute atomic E-state index is 0.429. The lowest BCUT2D eigenvalue weighted by molar-refractivity contribution is 0.176. The summed E-state index contributed by atoms with van der Waals surface area (Å²) in [4.78, 5) is 2.89. The van der Waals surface area contributed by atoms with Gasteiger partial charge in [-0.1, -0.05) is 19.1 Å². The van der Waals surface area contributed by atoms with E-state index in [0.29, 0.717) is 11.4 Å². The third kappa shape index (κ3) is 2.68. The Morgan fingerprint density at radius 3 is 3.05 bits per heavy atom. The van der Waals surface area contributed by atoms with E-state index in [2.05, 4.69) is 22.6 Å². The van der Waals surface area contributed by atoms with E-state index in [1.165, 1.54) is 12.8 Å². The van der Waals surface area contributed by atoms with Crippen LogP contribution in [0.2, 0.25) is 0 Å². The minimum Gasteiger partial charge on any atom is -0.299 e. The maximum Gasteiger partial charge on any atom is 0.241 e. The molecule has 4 nitrogen and oxygen atoms in total. The highest BCUT2D eigenvalue weighted by Crippen LogP contribution is 2.25. The van der Waals surface area contributed by atoms with Gasteiger partial charge in [-0.15, -0.1) is 0 Å². The largest absolute Gasteiger partial charge is 0.299 e. The van der Waals surface area contributed by atoms with Gasteiger partial charge in [-0.25, -0.2) is 13.1 Å². The fourth-order valence-corrected chi connectivity index (χ4v) is 4.33. The molecule has 2 heterocycles. The maximum atomic E-state index is 11.8. The number of likely N-dealkylation sites (tertiary alicyclic amines) is 1. The molecule has 1 atom stereocenters. The van der Waals surface area contributed by atoms with Gasteiger partial charge in [0.25, 0.3) is 0 Å². The standard InChI is InChI=1S/C14H20N2O2S/c1-11-3-2-6-16(9-11)10-12-4-5-13-8-15-19(17,18)14(13)7-12/h4-5,7,11,15H,2-3,6,8-10H2,1H3/t11-/m1/s1. The predicted octanol–water partition coefficient (Wildman–Crippen LogP) is 1.71. The van der Waals surface area contributed by atoms with Gasteiger partial charge in [0.05, 0.1) is 4.90 Å². The Balaban J connectivity index is 1.79. The van der Waals surface area contributed by atoms with Crippen molar-refractivity contribution >= 4 is 10.0 Å². The van der Waals surface area contributed by atoms with E-state index in [9.17, 15) is 8.42 Å². The second kappa shape index (κ2) is 4.89. The molecular formula is C14H20N2O2S. The molecule has 1 saturated heterocycles. The van der Waals surface area contributed by atoms with Gasteiger partial charge >= 0.3 is 0 Å².